The Bertz CT molecular complexity index is 3680. The predicted molar refractivity (Wildman–Crippen MR) is 276 cm³/mol. The molecule has 0 N–H and O–H groups in total. The molecule has 2 nitrogen and oxygen atoms in total. The number of hydrogen-bond acceptors (Lipinski definition) is 2. The molecule has 0 spiro atoms. The van der Waals surface area contributed by atoms with Crippen LogP contribution in [0.25, 0.3) is 66.1 Å². The van der Waals surface area contributed by atoms with E-state index in [0.29, 0.717) is 0 Å². The summed E-state index contributed by atoms with van der Waals surface area (Å²) in [6, 6.07) is 76.0. The second-order valence-electron chi connectivity index (χ2n) is 19.7. The summed E-state index contributed by atoms with van der Waals surface area (Å²) < 4.78 is 0. The van der Waals surface area contributed by atoms with Gasteiger partial charge in [0.05, 0.1) is 5.69 Å². The van der Waals surface area contributed by atoms with Gasteiger partial charge in [-0.1, -0.05) is 179 Å². The van der Waals surface area contributed by atoms with E-state index in [4.69, 9.17) is 0 Å². The second kappa shape index (κ2) is 13.0. The van der Waals surface area contributed by atoms with Gasteiger partial charge in [-0.3, -0.25) is 0 Å². The van der Waals surface area contributed by atoms with E-state index < -0.39 is 0 Å². The Labute approximate surface area is 381 Å². The highest BCUT2D eigenvalue weighted by atomic mass is 15.2. The van der Waals surface area contributed by atoms with Crippen molar-refractivity contribution < 1.29 is 0 Å². The van der Waals surface area contributed by atoms with E-state index in [1.807, 2.05) is 0 Å². The Balaban J connectivity index is 1.11. The number of anilines is 5. The van der Waals surface area contributed by atoms with E-state index >= 15 is 0 Å². The van der Waals surface area contributed by atoms with Gasteiger partial charge in [0.25, 0.3) is 0 Å². The summed E-state index contributed by atoms with van der Waals surface area (Å²) in [5.74, 6) is 0. The van der Waals surface area contributed by atoms with Crippen LogP contribution in [0.15, 0.2) is 200 Å². The summed E-state index contributed by atoms with van der Waals surface area (Å²) in [5.41, 5.74) is 24.3. The third-order valence-corrected chi connectivity index (χ3v) is 15.6. The molecule has 0 unspecified atom stereocenters. The molecule has 0 aromatic heterocycles. The molecular formula is C62H45BN2. The fourth-order valence-electron chi connectivity index (χ4n) is 12.4. The molecule has 0 bridgehead atoms. The second-order valence-corrected chi connectivity index (χ2v) is 19.7. The van der Waals surface area contributed by atoms with Gasteiger partial charge in [0.1, 0.15) is 0 Å². The molecule has 0 saturated carbocycles. The quantitative estimate of drug-likeness (QED) is 0.164. The van der Waals surface area contributed by atoms with Crippen molar-refractivity contribution in [2.45, 2.75) is 38.5 Å². The Morgan fingerprint density at radius 1 is 0.369 bits per heavy atom. The van der Waals surface area contributed by atoms with Crippen LogP contribution >= 0.6 is 0 Å². The minimum Gasteiger partial charge on any atom is -0.376 e. The highest BCUT2D eigenvalue weighted by Gasteiger charge is 2.48. The highest BCUT2D eigenvalue weighted by molar-refractivity contribution is 6.94. The van der Waals surface area contributed by atoms with E-state index in [-0.39, 0.29) is 17.7 Å². The Kier molecular flexibility index (Phi) is 7.36. The Morgan fingerprint density at radius 2 is 0.923 bits per heavy atom. The molecule has 2 aliphatic heterocycles. The standard InChI is InChI=1S/C62H45BN2/c1-61(2)52-24-14-12-22-46(52)48-31-30-44(35-54(48)61)64-58-37-55-49(47-23-13-15-25-53(47)62(55,3)4)36-56(58)63-59-51(33-42-20-10-11-21-45(42)60(59)64)50-32-40-18-8-9-19-41(40)34-57(50)65(63)43-28-26-39(27-29-43)38-16-6-5-7-17-38/h5-37H,1-4H3. The normalized spacial score (nSPS) is 15.2. The molecule has 4 aliphatic rings. The van der Waals surface area contributed by atoms with E-state index in [2.05, 4.69) is 238 Å². The average Bonchev–Trinajstić information content (AvgIpc) is 3.71. The lowest BCUT2D eigenvalue weighted by molar-refractivity contribution is 0.660. The topological polar surface area (TPSA) is 6.48 Å². The summed E-state index contributed by atoms with van der Waals surface area (Å²) in [6.07, 6.45) is 0. The largest absolute Gasteiger partial charge is 0.376 e. The maximum atomic E-state index is 2.67. The van der Waals surface area contributed by atoms with Gasteiger partial charge in [-0.25, -0.2) is 0 Å². The van der Waals surface area contributed by atoms with E-state index in [1.165, 1.54) is 128 Å². The lowest BCUT2D eigenvalue weighted by Crippen LogP contribution is -2.61. The molecular weight excluding hydrogens is 784 g/mol. The minimum atomic E-state index is -0.177. The lowest BCUT2D eigenvalue weighted by atomic mass is 9.43. The van der Waals surface area contributed by atoms with E-state index in [1.54, 1.807) is 0 Å². The van der Waals surface area contributed by atoms with Crippen molar-refractivity contribution in [1.29, 1.82) is 0 Å². The number of hydrogen-bond donors (Lipinski definition) is 0. The summed E-state index contributed by atoms with van der Waals surface area (Å²) in [4.78, 5) is 5.34. The first-order valence-electron chi connectivity index (χ1n) is 23.1. The highest BCUT2D eigenvalue weighted by Crippen LogP contribution is 2.56. The molecule has 3 heteroatoms. The van der Waals surface area contributed by atoms with Gasteiger partial charge in [0.15, 0.2) is 0 Å². The smallest absolute Gasteiger partial charge is 0.333 e. The zero-order chi connectivity index (χ0) is 43.3. The molecule has 306 valence electrons. The first-order chi connectivity index (χ1) is 31.8. The Morgan fingerprint density at radius 3 is 1.66 bits per heavy atom. The van der Waals surface area contributed by atoms with Crippen LogP contribution in [0.2, 0.25) is 0 Å². The van der Waals surface area contributed by atoms with Crippen LogP contribution in [0.3, 0.4) is 0 Å². The van der Waals surface area contributed by atoms with Crippen molar-refractivity contribution in [2.75, 3.05) is 9.71 Å². The maximum Gasteiger partial charge on any atom is 0.333 e. The van der Waals surface area contributed by atoms with Crippen LogP contribution in [0.4, 0.5) is 28.4 Å². The summed E-state index contributed by atoms with van der Waals surface area (Å²) in [5, 5.41) is 4.99. The molecule has 10 aromatic carbocycles. The molecule has 0 radical (unpaired) electrons. The van der Waals surface area contributed by atoms with Crippen LogP contribution in [-0.2, 0) is 10.8 Å². The zero-order valence-electron chi connectivity index (χ0n) is 37.0. The maximum absolute atomic E-state index is 2.67. The third-order valence-electron chi connectivity index (χ3n) is 15.6. The van der Waals surface area contributed by atoms with Gasteiger partial charge in [-0.05, 0) is 137 Å². The number of nitrogens with zero attached hydrogens (tertiary/aromatic N) is 2. The van der Waals surface area contributed by atoms with Crippen molar-refractivity contribution in [3.8, 4) is 44.5 Å². The first kappa shape index (κ1) is 36.8. The monoisotopic (exact) mass is 828 g/mol. The Hall–Kier alpha value is -7.62. The molecule has 0 fully saturated rings. The van der Waals surface area contributed by atoms with Crippen molar-refractivity contribution in [3.63, 3.8) is 0 Å². The molecule has 14 rings (SSSR count). The molecule has 0 amide bonds. The fraction of sp³-hybridized carbons (Fsp3) is 0.0968. The third kappa shape index (κ3) is 4.96. The van der Waals surface area contributed by atoms with Crippen LogP contribution < -0.4 is 20.6 Å². The SMILES string of the molecule is CC1(C)c2ccccc2-c2ccc(N3c4cc5c(cc4B4c6c(cc7ccccc7c63)-c3cc6ccccc6cc3N4c3ccc(-c4ccccc4)cc3)-c3ccccc3C5(C)C)cc21. The van der Waals surface area contributed by atoms with Gasteiger partial charge in [0, 0.05) is 44.5 Å². The summed E-state index contributed by atoms with van der Waals surface area (Å²) >= 11 is 0. The molecule has 0 atom stereocenters. The molecule has 10 aromatic rings. The lowest BCUT2D eigenvalue weighted by Gasteiger charge is -2.47. The van der Waals surface area contributed by atoms with Crippen LogP contribution in [0.1, 0.15) is 49.9 Å². The number of benzene rings is 10. The number of fused-ring (bicyclic) bond motifs is 13. The van der Waals surface area contributed by atoms with Gasteiger partial charge in [-0.15, -0.1) is 0 Å². The molecule has 65 heavy (non-hydrogen) atoms. The van der Waals surface area contributed by atoms with Gasteiger partial charge >= 0.3 is 6.85 Å². The van der Waals surface area contributed by atoms with Crippen molar-refractivity contribution >= 4 is 67.8 Å². The van der Waals surface area contributed by atoms with Crippen molar-refractivity contribution in [2.24, 2.45) is 0 Å². The van der Waals surface area contributed by atoms with Crippen LogP contribution in [0, 0.1) is 0 Å². The first-order valence-corrected chi connectivity index (χ1v) is 23.1. The van der Waals surface area contributed by atoms with E-state index in [9.17, 15) is 0 Å². The minimum absolute atomic E-state index is 0.122. The zero-order valence-corrected chi connectivity index (χ0v) is 37.0. The van der Waals surface area contributed by atoms with Gasteiger partial charge < -0.3 is 9.71 Å². The summed E-state index contributed by atoms with van der Waals surface area (Å²) in [6.45, 7) is 9.50. The molecule has 0 saturated heterocycles. The summed E-state index contributed by atoms with van der Waals surface area (Å²) in [7, 11) is 0. The molecule has 2 aliphatic carbocycles. The van der Waals surface area contributed by atoms with Gasteiger partial charge in [0.2, 0.25) is 0 Å². The predicted octanol–water partition coefficient (Wildman–Crippen LogP) is 15.0. The average molecular weight is 829 g/mol. The van der Waals surface area contributed by atoms with Crippen LogP contribution in [0.5, 0.6) is 0 Å². The van der Waals surface area contributed by atoms with Crippen molar-refractivity contribution in [1.82, 2.24) is 0 Å². The van der Waals surface area contributed by atoms with Crippen molar-refractivity contribution in [3.05, 3.63) is 222 Å². The van der Waals surface area contributed by atoms with Crippen LogP contribution in [-0.4, -0.2) is 6.85 Å². The van der Waals surface area contributed by atoms with E-state index in [0.717, 1.165) is 0 Å². The fourth-order valence-corrected chi connectivity index (χ4v) is 12.4. The van der Waals surface area contributed by atoms with Gasteiger partial charge in [-0.2, -0.15) is 0 Å². The number of rotatable bonds is 3. The molecule has 2 heterocycles.